The lowest BCUT2D eigenvalue weighted by Gasteiger charge is -2.03. The van der Waals surface area contributed by atoms with E-state index in [0.29, 0.717) is 5.57 Å². The normalized spacial score (nSPS) is 12.1. The maximum absolute atomic E-state index is 12.1. The standard InChI is InChI=1S/C15H19NO2S/c1-2-3-4-6-9-14(12-16)13-19(17,18)15-10-7-5-8-11-15/h5,7-11H,2-4,6,13H2,1H3/b14-9+. The van der Waals surface area contributed by atoms with E-state index in [-0.39, 0.29) is 10.6 Å². The third kappa shape index (κ3) is 5.27. The highest BCUT2D eigenvalue weighted by Crippen LogP contribution is 2.14. The first kappa shape index (κ1) is 15.5. The molecule has 0 heterocycles. The predicted octanol–water partition coefficient (Wildman–Crippen LogP) is 3.49. The lowest BCUT2D eigenvalue weighted by atomic mass is 10.1. The van der Waals surface area contributed by atoms with Gasteiger partial charge in [-0.15, -0.1) is 0 Å². The van der Waals surface area contributed by atoms with Crippen LogP contribution in [0.25, 0.3) is 0 Å². The number of hydrogen-bond acceptors (Lipinski definition) is 3. The Morgan fingerprint density at radius 1 is 1.26 bits per heavy atom. The van der Waals surface area contributed by atoms with E-state index in [9.17, 15) is 8.42 Å². The quantitative estimate of drug-likeness (QED) is 0.566. The SMILES string of the molecule is CCCCC/C=C(\C#N)CS(=O)(=O)c1ccccc1. The topological polar surface area (TPSA) is 57.9 Å². The van der Waals surface area contributed by atoms with Crippen LogP contribution in [0.1, 0.15) is 32.6 Å². The van der Waals surface area contributed by atoms with E-state index in [2.05, 4.69) is 6.92 Å². The van der Waals surface area contributed by atoms with Crippen molar-refractivity contribution in [2.75, 3.05) is 5.75 Å². The zero-order valence-corrected chi connectivity index (χ0v) is 12.0. The molecule has 0 saturated carbocycles. The highest BCUT2D eigenvalue weighted by molar-refractivity contribution is 7.91. The van der Waals surface area contributed by atoms with E-state index in [1.165, 1.54) is 0 Å². The molecule has 0 aromatic heterocycles. The molecule has 0 radical (unpaired) electrons. The molecule has 0 aliphatic rings. The maximum Gasteiger partial charge on any atom is 0.183 e. The number of allylic oxidation sites excluding steroid dienone is 1. The molecule has 0 aliphatic carbocycles. The number of hydrogen-bond donors (Lipinski definition) is 0. The van der Waals surface area contributed by atoms with E-state index >= 15 is 0 Å². The van der Waals surface area contributed by atoms with Crippen LogP contribution in [-0.2, 0) is 9.84 Å². The molecule has 1 aromatic carbocycles. The van der Waals surface area contributed by atoms with Crippen LogP contribution >= 0.6 is 0 Å². The van der Waals surface area contributed by atoms with Gasteiger partial charge >= 0.3 is 0 Å². The summed E-state index contributed by atoms with van der Waals surface area (Å²) in [5.74, 6) is -0.209. The van der Waals surface area contributed by atoms with Crippen LogP contribution in [0, 0.1) is 11.3 Å². The highest BCUT2D eigenvalue weighted by Gasteiger charge is 2.15. The Balaban J connectivity index is 2.74. The third-order valence-corrected chi connectivity index (χ3v) is 4.47. The first-order valence-corrected chi connectivity index (χ1v) is 8.12. The van der Waals surface area contributed by atoms with Gasteiger partial charge in [0.05, 0.1) is 16.7 Å². The second-order valence-electron chi connectivity index (χ2n) is 4.41. The molecule has 0 fully saturated rings. The van der Waals surface area contributed by atoms with Crippen molar-refractivity contribution in [2.24, 2.45) is 0 Å². The van der Waals surface area contributed by atoms with Gasteiger partial charge in [-0.1, -0.05) is 44.0 Å². The molecule has 0 aliphatic heterocycles. The van der Waals surface area contributed by atoms with Crippen LogP contribution in [0.15, 0.2) is 46.9 Å². The van der Waals surface area contributed by atoms with E-state index in [1.807, 2.05) is 6.07 Å². The molecule has 1 aromatic rings. The molecule has 3 nitrogen and oxygen atoms in total. The Kier molecular flexibility index (Phi) is 6.31. The van der Waals surface area contributed by atoms with Crippen LogP contribution in [0.4, 0.5) is 0 Å². The summed E-state index contributed by atoms with van der Waals surface area (Å²) in [5.41, 5.74) is 0.333. The maximum atomic E-state index is 12.1. The van der Waals surface area contributed by atoms with Gasteiger partial charge in [0.15, 0.2) is 9.84 Å². The summed E-state index contributed by atoms with van der Waals surface area (Å²) in [7, 11) is -3.41. The fourth-order valence-electron chi connectivity index (χ4n) is 1.72. The van der Waals surface area contributed by atoms with Crippen molar-refractivity contribution in [2.45, 2.75) is 37.5 Å². The zero-order chi connectivity index (χ0) is 14.1. The molecule has 0 unspecified atom stereocenters. The first-order valence-electron chi connectivity index (χ1n) is 6.47. The van der Waals surface area contributed by atoms with Crippen molar-refractivity contribution < 1.29 is 8.42 Å². The first-order chi connectivity index (χ1) is 9.10. The average Bonchev–Trinajstić information content (AvgIpc) is 2.43. The lowest BCUT2D eigenvalue weighted by molar-refractivity contribution is 0.598. The van der Waals surface area contributed by atoms with Gasteiger partial charge < -0.3 is 0 Å². The van der Waals surface area contributed by atoms with Gasteiger partial charge in [-0.05, 0) is 25.0 Å². The largest absolute Gasteiger partial charge is 0.223 e. The summed E-state index contributed by atoms with van der Waals surface area (Å²) in [6, 6.07) is 10.2. The molecule has 4 heteroatoms. The number of nitriles is 1. The van der Waals surface area contributed by atoms with Gasteiger partial charge in [0.25, 0.3) is 0 Å². The summed E-state index contributed by atoms with van der Waals surface area (Å²) >= 11 is 0. The molecule has 0 spiro atoms. The second-order valence-corrected chi connectivity index (χ2v) is 6.40. The van der Waals surface area contributed by atoms with Gasteiger partial charge in [0.1, 0.15) is 0 Å². The molecule has 0 saturated heterocycles. The zero-order valence-electron chi connectivity index (χ0n) is 11.2. The number of nitrogens with zero attached hydrogens (tertiary/aromatic N) is 1. The van der Waals surface area contributed by atoms with Crippen LogP contribution in [0.3, 0.4) is 0 Å². The van der Waals surface area contributed by atoms with E-state index in [4.69, 9.17) is 5.26 Å². The fraction of sp³-hybridized carbons (Fsp3) is 0.400. The minimum Gasteiger partial charge on any atom is -0.223 e. The fourth-order valence-corrected chi connectivity index (χ4v) is 3.05. The number of unbranched alkanes of at least 4 members (excludes halogenated alkanes) is 3. The number of sulfone groups is 1. The summed E-state index contributed by atoms with van der Waals surface area (Å²) < 4.78 is 24.2. The minimum absolute atomic E-state index is 0.209. The molecular formula is C15H19NO2S. The monoisotopic (exact) mass is 277 g/mol. The number of rotatable bonds is 7. The summed E-state index contributed by atoms with van der Waals surface area (Å²) in [6.07, 6.45) is 5.71. The van der Waals surface area contributed by atoms with Crippen molar-refractivity contribution in [3.63, 3.8) is 0 Å². The molecule has 0 atom stereocenters. The third-order valence-electron chi connectivity index (χ3n) is 2.79. The van der Waals surface area contributed by atoms with Crippen molar-refractivity contribution in [1.29, 1.82) is 5.26 Å². The van der Waals surface area contributed by atoms with Crippen LogP contribution in [0.2, 0.25) is 0 Å². The predicted molar refractivity (Wildman–Crippen MR) is 76.3 cm³/mol. The van der Waals surface area contributed by atoms with Gasteiger partial charge in [0.2, 0.25) is 0 Å². The van der Waals surface area contributed by atoms with Crippen molar-refractivity contribution in [1.82, 2.24) is 0 Å². The van der Waals surface area contributed by atoms with Crippen molar-refractivity contribution in [3.8, 4) is 6.07 Å². The van der Waals surface area contributed by atoms with Crippen LogP contribution < -0.4 is 0 Å². The number of benzene rings is 1. The summed E-state index contributed by atoms with van der Waals surface area (Å²) in [4.78, 5) is 0.268. The van der Waals surface area contributed by atoms with Gasteiger partial charge in [-0.25, -0.2) is 8.42 Å². The second kappa shape index (κ2) is 7.75. The smallest absolute Gasteiger partial charge is 0.183 e. The Labute approximate surface area is 115 Å². The van der Waals surface area contributed by atoms with Crippen molar-refractivity contribution in [3.05, 3.63) is 42.0 Å². The summed E-state index contributed by atoms with van der Waals surface area (Å²) in [6.45, 7) is 2.11. The molecule has 19 heavy (non-hydrogen) atoms. The molecule has 1 rings (SSSR count). The molecule has 0 bridgehead atoms. The van der Waals surface area contributed by atoms with Gasteiger partial charge in [0, 0.05) is 5.57 Å². The molecule has 0 N–H and O–H groups in total. The van der Waals surface area contributed by atoms with E-state index in [0.717, 1.165) is 25.7 Å². The lowest BCUT2D eigenvalue weighted by Crippen LogP contribution is -2.08. The minimum atomic E-state index is -3.41. The molecule has 102 valence electrons. The highest BCUT2D eigenvalue weighted by atomic mass is 32.2. The van der Waals surface area contributed by atoms with Crippen LogP contribution in [-0.4, -0.2) is 14.2 Å². The van der Waals surface area contributed by atoms with E-state index in [1.54, 1.807) is 36.4 Å². The van der Waals surface area contributed by atoms with E-state index < -0.39 is 9.84 Å². The Morgan fingerprint density at radius 3 is 2.53 bits per heavy atom. The average molecular weight is 277 g/mol. The van der Waals surface area contributed by atoms with Gasteiger partial charge in [-0.3, -0.25) is 0 Å². The Bertz CT molecular complexity index is 554. The van der Waals surface area contributed by atoms with Crippen LogP contribution in [0.5, 0.6) is 0 Å². The Hall–Kier alpha value is -1.60. The van der Waals surface area contributed by atoms with Gasteiger partial charge in [-0.2, -0.15) is 5.26 Å². The summed E-state index contributed by atoms with van der Waals surface area (Å²) in [5, 5.41) is 9.01. The molecule has 0 amide bonds. The Morgan fingerprint density at radius 2 is 1.95 bits per heavy atom. The molecular weight excluding hydrogens is 258 g/mol. The van der Waals surface area contributed by atoms with Crippen molar-refractivity contribution >= 4 is 9.84 Å².